The summed E-state index contributed by atoms with van der Waals surface area (Å²) >= 11 is 0. The van der Waals surface area contributed by atoms with E-state index in [2.05, 4.69) is 34.7 Å². The number of aromatic nitrogens is 3. The van der Waals surface area contributed by atoms with Gasteiger partial charge in [0.2, 0.25) is 5.95 Å². The van der Waals surface area contributed by atoms with Crippen molar-refractivity contribution in [1.29, 1.82) is 0 Å². The van der Waals surface area contributed by atoms with Gasteiger partial charge >= 0.3 is 0 Å². The van der Waals surface area contributed by atoms with Crippen molar-refractivity contribution < 1.29 is 0 Å². The summed E-state index contributed by atoms with van der Waals surface area (Å²) < 4.78 is 2.03. The zero-order valence-corrected chi connectivity index (χ0v) is 18.5. The Hall–Kier alpha value is -2.21. The normalized spacial score (nSPS) is 23.8. The second-order valence-electron chi connectivity index (χ2n) is 9.92. The molecule has 30 heavy (non-hydrogen) atoms. The quantitative estimate of drug-likeness (QED) is 0.778. The van der Waals surface area contributed by atoms with Crippen LogP contribution >= 0.6 is 0 Å². The molecule has 0 aliphatic carbocycles. The lowest BCUT2D eigenvalue weighted by Crippen LogP contribution is -2.48. The molecule has 5 heterocycles. The summed E-state index contributed by atoms with van der Waals surface area (Å²) in [4.78, 5) is 27.5. The summed E-state index contributed by atoms with van der Waals surface area (Å²) in [5.41, 5.74) is 4.09. The van der Waals surface area contributed by atoms with Gasteiger partial charge in [0.1, 0.15) is 0 Å². The SMILES string of the molecule is Cc1cc(-c2cc3n(c(=O)c2)C[C@H]2C[C@@H]3CN(CC(C)C)C2)nc(N2CCCC2)n1. The number of hydrogen-bond acceptors (Lipinski definition) is 5. The molecule has 3 aliphatic rings. The lowest BCUT2D eigenvalue weighted by atomic mass is 9.82. The molecule has 3 aliphatic heterocycles. The van der Waals surface area contributed by atoms with Crippen LogP contribution in [0.5, 0.6) is 0 Å². The van der Waals surface area contributed by atoms with Crippen molar-refractivity contribution in [2.45, 2.75) is 52.5 Å². The number of nitrogens with zero attached hydrogens (tertiary/aromatic N) is 5. The third kappa shape index (κ3) is 3.78. The van der Waals surface area contributed by atoms with Crippen LogP contribution in [0.1, 0.15) is 50.4 Å². The number of aryl methyl sites for hydroxylation is 1. The molecule has 2 aromatic rings. The first-order valence-electron chi connectivity index (χ1n) is 11.5. The highest BCUT2D eigenvalue weighted by atomic mass is 16.1. The molecule has 2 saturated heterocycles. The van der Waals surface area contributed by atoms with Crippen molar-refractivity contribution in [3.8, 4) is 11.3 Å². The predicted molar refractivity (Wildman–Crippen MR) is 120 cm³/mol. The predicted octanol–water partition coefficient (Wildman–Crippen LogP) is 3.29. The Morgan fingerprint density at radius 3 is 2.63 bits per heavy atom. The number of anilines is 1. The van der Waals surface area contributed by atoms with E-state index in [1.54, 1.807) is 6.07 Å². The van der Waals surface area contributed by atoms with E-state index in [1.165, 1.54) is 25.0 Å². The fraction of sp³-hybridized carbons (Fsp3) is 0.625. The van der Waals surface area contributed by atoms with Gasteiger partial charge in [0.05, 0.1) is 5.69 Å². The fourth-order valence-corrected chi connectivity index (χ4v) is 5.63. The van der Waals surface area contributed by atoms with Gasteiger partial charge in [0.25, 0.3) is 5.56 Å². The molecular weight excluding hydrogens is 374 g/mol. The van der Waals surface area contributed by atoms with E-state index >= 15 is 0 Å². The Bertz CT molecular complexity index is 992. The van der Waals surface area contributed by atoms with E-state index in [0.29, 0.717) is 17.8 Å². The van der Waals surface area contributed by atoms with E-state index in [4.69, 9.17) is 4.98 Å². The molecule has 160 valence electrons. The minimum atomic E-state index is 0.119. The van der Waals surface area contributed by atoms with Crippen molar-refractivity contribution in [1.82, 2.24) is 19.4 Å². The summed E-state index contributed by atoms with van der Waals surface area (Å²) in [7, 11) is 0. The molecule has 0 aromatic carbocycles. The van der Waals surface area contributed by atoms with Crippen molar-refractivity contribution in [3.05, 3.63) is 39.9 Å². The van der Waals surface area contributed by atoms with Crippen LogP contribution in [-0.2, 0) is 6.54 Å². The van der Waals surface area contributed by atoms with Gasteiger partial charge in [-0.1, -0.05) is 13.8 Å². The molecular formula is C24H33N5O. The van der Waals surface area contributed by atoms with Gasteiger partial charge in [-0.25, -0.2) is 9.97 Å². The van der Waals surface area contributed by atoms with Gasteiger partial charge in [-0.05, 0) is 50.2 Å². The first kappa shape index (κ1) is 19.7. The van der Waals surface area contributed by atoms with Crippen LogP contribution in [0.25, 0.3) is 11.3 Å². The average Bonchev–Trinajstić information content (AvgIpc) is 3.22. The monoisotopic (exact) mass is 407 g/mol. The topological polar surface area (TPSA) is 54.3 Å². The molecule has 0 radical (unpaired) electrons. The Morgan fingerprint density at radius 2 is 1.87 bits per heavy atom. The van der Waals surface area contributed by atoms with Gasteiger partial charge < -0.3 is 14.4 Å². The van der Waals surface area contributed by atoms with Gasteiger partial charge in [-0.15, -0.1) is 0 Å². The number of fused-ring (bicyclic) bond motifs is 4. The van der Waals surface area contributed by atoms with Crippen LogP contribution in [0, 0.1) is 18.8 Å². The number of hydrogen-bond donors (Lipinski definition) is 0. The number of rotatable bonds is 4. The molecule has 0 amide bonds. The molecule has 2 fully saturated rings. The van der Waals surface area contributed by atoms with E-state index in [9.17, 15) is 4.79 Å². The largest absolute Gasteiger partial charge is 0.341 e. The van der Waals surface area contributed by atoms with Crippen molar-refractivity contribution in [2.24, 2.45) is 11.8 Å². The second-order valence-corrected chi connectivity index (χ2v) is 9.92. The summed E-state index contributed by atoms with van der Waals surface area (Å²) in [5.74, 6) is 2.50. The lowest BCUT2D eigenvalue weighted by Gasteiger charge is -2.43. The zero-order valence-electron chi connectivity index (χ0n) is 18.5. The van der Waals surface area contributed by atoms with Gasteiger partial charge in [-0.2, -0.15) is 0 Å². The van der Waals surface area contributed by atoms with Crippen LogP contribution in [0.2, 0.25) is 0 Å². The van der Waals surface area contributed by atoms with Crippen LogP contribution in [-0.4, -0.2) is 52.2 Å². The number of likely N-dealkylation sites (tertiary alicyclic amines) is 1. The summed E-state index contributed by atoms with van der Waals surface area (Å²) in [6.45, 7) is 12.8. The lowest BCUT2D eigenvalue weighted by molar-refractivity contribution is 0.109. The van der Waals surface area contributed by atoms with Crippen LogP contribution in [0.4, 0.5) is 5.95 Å². The molecule has 2 bridgehead atoms. The fourth-order valence-electron chi connectivity index (χ4n) is 5.63. The molecule has 0 unspecified atom stereocenters. The molecule has 0 spiro atoms. The third-order valence-electron chi connectivity index (χ3n) is 6.78. The zero-order chi connectivity index (χ0) is 20.8. The first-order chi connectivity index (χ1) is 14.5. The van der Waals surface area contributed by atoms with Crippen molar-refractivity contribution in [2.75, 3.05) is 37.6 Å². The Labute approximate surface area is 178 Å². The van der Waals surface area contributed by atoms with Crippen molar-refractivity contribution >= 4 is 5.95 Å². The summed E-state index contributed by atoms with van der Waals surface area (Å²) in [6.07, 6.45) is 3.59. The smallest absolute Gasteiger partial charge is 0.251 e. The second kappa shape index (κ2) is 7.80. The summed E-state index contributed by atoms with van der Waals surface area (Å²) in [6, 6.07) is 6.03. The maximum Gasteiger partial charge on any atom is 0.251 e. The van der Waals surface area contributed by atoms with E-state index in [1.807, 2.05) is 17.6 Å². The minimum absolute atomic E-state index is 0.119. The van der Waals surface area contributed by atoms with Gasteiger partial charge in [-0.3, -0.25) is 4.79 Å². The first-order valence-corrected chi connectivity index (χ1v) is 11.5. The summed E-state index contributed by atoms with van der Waals surface area (Å²) in [5, 5.41) is 0. The third-order valence-corrected chi connectivity index (χ3v) is 6.78. The Morgan fingerprint density at radius 1 is 1.07 bits per heavy atom. The molecule has 2 aromatic heterocycles. The van der Waals surface area contributed by atoms with Crippen LogP contribution in [0.3, 0.4) is 0 Å². The van der Waals surface area contributed by atoms with E-state index < -0.39 is 0 Å². The Balaban J connectivity index is 1.51. The van der Waals surface area contributed by atoms with Crippen LogP contribution < -0.4 is 10.5 Å². The molecule has 2 atom stereocenters. The van der Waals surface area contributed by atoms with Crippen LogP contribution in [0.15, 0.2) is 23.0 Å². The highest BCUT2D eigenvalue weighted by molar-refractivity contribution is 5.61. The minimum Gasteiger partial charge on any atom is -0.341 e. The molecule has 6 heteroatoms. The van der Waals surface area contributed by atoms with Gasteiger partial charge in [0.15, 0.2) is 0 Å². The Kier molecular flexibility index (Phi) is 5.13. The number of piperidine rings is 1. The maximum atomic E-state index is 13.1. The molecule has 0 saturated carbocycles. The molecule has 5 rings (SSSR count). The highest BCUT2D eigenvalue weighted by Crippen LogP contribution is 2.36. The number of pyridine rings is 1. The van der Waals surface area contributed by atoms with E-state index in [-0.39, 0.29) is 5.56 Å². The molecule has 0 N–H and O–H groups in total. The highest BCUT2D eigenvalue weighted by Gasteiger charge is 2.35. The maximum absolute atomic E-state index is 13.1. The van der Waals surface area contributed by atoms with Gasteiger partial charge in [0, 0.05) is 68.2 Å². The molecule has 6 nitrogen and oxygen atoms in total. The van der Waals surface area contributed by atoms with Crippen molar-refractivity contribution in [3.63, 3.8) is 0 Å². The van der Waals surface area contributed by atoms with E-state index in [0.717, 1.165) is 62.2 Å². The standard InChI is InChI=1S/C24H33N5O/c1-16(2)12-27-13-18-9-20(15-27)22-10-19(11-23(30)29(22)14-18)21-8-17(3)25-24(26-21)28-6-4-5-7-28/h8,10-11,16,18,20H,4-7,9,12-15H2,1-3H3/t18-,20+/m0/s1. The average molecular weight is 408 g/mol.